The maximum Gasteiger partial charge on any atom is 0.0949 e. The molecule has 4 heteroatoms. The van der Waals surface area contributed by atoms with Gasteiger partial charge in [0.1, 0.15) is 0 Å². The van der Waals surface area contributed by atoms with Gasteiger partial charge in [0.05, 0.1) is 21.1 Å². The fourth-order valence-corrected chi connectivity index (χ4v) is 3.17. The third-order valence-electron chi connectivity index (χ3n) is 1.68. The van der Waals surface area contributed by atoms with Gasteiger partial charge in [0.25, 0.3) is 0 Å². The molecule has 2 aromatic rings. The Labute approximate surface area is 97.0 Å². The van der Waals surface area contributed by atoms with Crippen molar-refractivity contribution in [2.75, 3.05) is 0 Å². The van der Waals surface area contributed by atoms with Gasteiger partial charge in [-0.1, -0.05) is 15.9 Å². The number of halogens is 2. The highest BCUT2D eigenvalue weighted by molar-refractivity contribution is 9.11. The maximum atomic E-state index is 5.03. The zero-order valence-corrected chi connectivity index (χ0v) is 10.5. The van der Waals surface area contributed by atoms with E-state index in [9.17, 15) is 0 Å². The first-order valence-electron chi connectivity index (χ1n) is 3.69. The quantitative estimate of drug-likeness (QED) is 0.737. The molecule has 0 aromatic carbocycles. The van der Waals surface area contributed by atoms with Crippen molar-refractivity contribution in [2.24, 2.45) is 0 Å². The Balaban J connectivity index is 2.28. The fourth-order valence-electron chi connectivity index (χ4n) is 1.05. The van der Waals surface area contributed by atoms with Crippen LogP contribution in [0.1, 0.15) is 15.3 Å². The van der Waals surface area contributed by atoms with E-state index in [0.29, 0.717) is 0 Å². The molecule has 1 unspecified atom stereocenters. The van der Waals surface area contributed by atoms with Crippen molar-refractivity contribution in [3.63, 3.8) is 0 Å². The molecule has 0 radical (unpaired) electrons. The highest BCUT2D eigenvalue weighted by Crippen LogP contribution is 2.36. The number of hydrogen-bond donors (Lipinski definition) is 0. The molecule has 0 aliphatic rings. The van der Waals surface area contributed by atoms with E-state index in [0.717, 1.165) is 9.35 Å². The summed E-state index contributed by atoms with van der Waals surface area (Å²) in [6.45, 7) is 0. The lowest BCUT2D eigenvalue weighted by molar-refractivity contribution is 0.564. The first-order chi connectivity index (χ1) is 6.27. The van der Waals surface area contributed by atoms with E-state index in [2.05, 4.69) is 37.9 Å². The predicted molar refractivity (Wildman–Crippen MR) is 61.5 cm³/mol. The van der Waals surface area contributed by atoms with Gasteiger partial charge in [0.2, 0.25) is 0 Å². The SMILES string of the molecule is Brc1ccc(C(Br)c2ccoc2)s1. The smallest absolute Gasteiger partial charge is 0.0949 e. The Bertz CT molecular complexity index is 380. The van der Waals surface area contributed by atoms with Crippen LogP contribution in [0.5, 0.6) is 0 Å². The summed E-state index contributed by atoms with van der Waals surface area (Å²) in [5, 5.41) is 0. The second-order valence-corrected chi connectivity index (χ2v) is 5.97. The first-order valence-corrected chi connectivity index (χ1v) is 6.21. The average Bonchev–Trinajstić information content (AvgIpc) is 2.72. The molecule has 2 rings (SSSR count). The van der Waals surface area contributed by atoms with Crippen molar-refractivity contribution >= 4 is 43.2 Å². The number of alkyl halides is 1. The van der Waals surface area contributed by atoms with Gasteiger partial charge in [-0.15, -0.1) is 11.3 Å². The van der Waals surface area contributed by atoms with Crippen LogP contribution in [0.25, 0.3) is 0 Å². The van der Waals surface area contributed by atoms with Crippen molar-refractivity contribution in [2.45, 2.75) is 4.83 Å². The summed E-state index contributed by atoms with van der Waals surface area (Å²) in [5.74, 6) is 0. The van der Waals surface area contributed by atoms with Crippen molar-refractivity contribution in [1.82, 2.24) is 0 Å². The van der Waals surface area contributed by atoms with Crippen LogP contribution in [-0.4, -0.2) is 0 Å². The van der Waals surface area contributed by atoms with Crippen LogP contribution in [0.15, 0.2) is 38.9 Å². The summed E-state index contributed by atoms with van der Waals surface area (Å²) in [6, 6.07) is 6.11. The number of thiophene rings is 1. The molecule has 1 nitrogen and oxygen atoms in total. The Morgan fingerprint density at radius 2 is 2.15 bits per heavy atom. The molecule has 0 saturated heterocycles. The van der Waals surface area contributed by atoms with Crippen molar-refractivity contribution in [3.8, 4) is 0 Å². The van der Waals surface area contributed by atoms with Gasteiger partial charge in [-0.25, -0.2) is 0 Å². The minimum absolute atomic E-state index is 0.238. The van der Waals surface area contributed by atoms with Gasteiger partial charge >= 0.3 is 0 Å². The van der Waals surface area contributed by atoms with Crippen molar-refractivity contribution in [3.05, 3.63) is 45.0 Å². The van der Waals surface area contributed by atoms with E-state index in [1.807, 2.05) is 12.1 Å². The second kappa shape index (κ2) is 3.98. The van der Waals surface area contributed by atoms with Gasteiger partial charge < -0.3 is 4.42 Å². The van der Waals surface area contributed by atoms with Crippen LogP contribution in [0.2, 0.25) is 0 Å². The van der Waals surface area contributed by atoms with E-state index in [1.54, 1.807) is 23.9 Å². The maximum absolute atomic E-state index is 5.03. The van der Waals surface area contributed by atoms with Gasteiger partial charge in [-0.3, -0.25) is 0 Å². The molecule has 0 N–H and O–H groups in total. The van der Waals surface area contributed by atoms with Crippen LogP contribution in [0.3, 0.4) is 0 Å². The summed E-state index contributed by atoms with van der Waals surface area (Å²) < 4.78 is 6.18. The molecule has 0 amide bonds. The summed E-state index contributed by atoms with van der Waals surface area (Å²) >= 11 is 8.78. The van der Waals surface area contributed by atoms with Crippen LogP contribution < -0.4 is 0 Å². The second-order valence-electron chi connectivity index (χ2n) is 2.56. The highest BCUT2D eigenvalue weighted by atomic mass is 79.9. The molecule has 68 valence electrons. The molecule has 2 aromatic heterocycles. The summed E-state index contributed by atoms with van der Waals surface area (Å²) in [5.41, 5.74) is 1.15. The Morgan fingerprint density at radius 3 is 2.69 bits per heavy atom. The molecule has 0 bridgehead atoms. The molecule has 0 fully saturated rings. The Hall–Kier alpha value is -0.0600. The minimum Gasteiger partial charge on any atom is -0.472 e. The van der Waals surface area contributed by atoms with E-state index in [1.165, 1.54) is 4.88 Å². The predicted octanol–water partition coefficient (Wildman–Crippen LogP) is 4.59. The topological polar surface area (TPSA) is 13.1 Å². The third-order valence-corrected chi connectivity index (χ3v) is 4.69. The van der Waals surface area contributed by atoms with Gasteiger partial charge in [-0.05, 0) is 34.1 Å². The van der Waals surface area contributed by atoms with Crippen LogP contribution in [0.4, 0.5) is 0 Å². The molecule has 0 aliphatic heterocycles. The van der Waals surface area contributed by atoms with Crippen molar-refractivity contribution < 1.29 is 4.42 Å². The molecule has 0 aliphatic carbocycles. The van der Waals surface area contributed by atoms with Crippen LogP contribution >= 0.6 is 43.2 Å². The Morgan fingerprint density at radius 1 is 1.31 bits per heavy atom. The minimum atomic E-state index is 0.238. The monoisotopic (exact) mass is 320 g/mol. The van der Waals surface area contributed by atoms with Crippen molar-refractivity contribution in [1.29, 1.82) is 0 Å². The number of rotatable bonds is 2. The third kappa shape index (κ3) is 2.06. The lowest BCUT2D eigenvalue weighted by Crippen LogP contribution is -1.84. The number of furan rings is 1. The van der Waals surface area contributed by atoms with Gasteiger partial charge in [0, 0.05) is 10.4 Å². The molecule has 13 heavy (non-hydrogen) atoms. The first kappa shape index (κ1) is 9.49. The van der Waals surface area contributed by atoms with Gasteiger partial charge in [-0.2, -0.15) is 0 Å². The molecule has 1 atom stereocenters. The summed E-state index contributed by atoms with van der Waals surface area (Å²) in [7, 11) is 0. The lowest BCUT2D eigenvalue weighted by atomic mass is 10.2. The molecule has 2 heterocycles. The Kier molecular flexibility index (Phi) is 2.91. The van der Waals surface area contributed by atoms with E-state index >= 15 is 0 Å². The van der Waals surface area contributed by atoms with E-state index in [4.69, 9.17) is 4.42 Å². The number of hydrogen-bond acceptors (Lipinski definition) is 2. The zero-order valence-electron chi connectivity index (χ0n) is 6.54. The van der Waals surface area contributed by atoms with Crippen LogP contribution in [-0.2, 0) is 0 Å². The highest BCUT2D eigenvalue weighted by Gasteiger charge is 2.12. The summed E-state index contributed by atoms with van der Waals surface area (Å²) in [4.78, 5) is 1.51. The normalized spacial score (nSPS) is 13.1. The standard InChI is InChI=1S/C9H6Br2OS/c10-8-2-1-7(13-8)9(11)6-3-4-12-5-6/h1-5,9H. The lowest BCUT2D eigenvalue weighted by Gasteiger charge is -2.02. The molecule has 0 spiro atoms. The van der Waals surface area contributed by atoms with Gasteiger partial charge in [0.15, 0.2) is 0 Å². The summed E-state index contributed by atoms with van der Waals surface area (Å²) in [6.07, 6.45) is 3.44. The molecular formula is C9H6Br2OS. The molecular weight excluding hydrogens is 316 g/mol. The largest absolute Gasteiger partial charge is 0.472 e. The van der Waals surface area contributed by atoms with E-state index in [-0.39, 0.29) is 4.83 Å². The molecule has 0 saturated carbocycles. The van der Waals surface area contributed by atoms with E-state index < -0.39 is 0 Å². The zero-order chi connectivity index (χ0) is 9.26. The van der Waals surface area contributed by atoms with Crippen LogP contribution in [0, 0.1) is 0 Å². The fraction of sp³-hybridized carbons (Fsp3) is 0.111. The average molecular weight is 322 g/mol.